The number of thiophene rings is 1. The number of para-hydroxylation sites is 2. The van der Waals surface area contributed by atoms with Crippen molar-refractivity contribution in [2.24, 2.45) is 0 Å². The molecular weight excluding hydrogens is 286 g/mol. The first kappa shape index (κ1) is 15.8. The van der Waals surface area contributed by atoms with Crippen molar-refractivity contribution in [3.05, 3.63) is 46.2 Å². The number of hydrogen-bond acceptors (Lipinski definition) is 5. The van der Waals surface area contributed by atoms with Gasteiger partial charge in [0, 0.05) is 22.8 Å². The van der Waals surface area contributed by atoms with E-state index in [2.05, 4.69) is 24.4 Å². The molecule has 2 N–H and O–H groups in total. The van der Waals surface area contributed by atoms with E-state index in [0.29, 0.717) is 18.0 Å². The number of ether oxygens (including phenoxy) is 2. The summed E-state index contributed by atoms with van der Waals surface area (Å²) in [7, 11) is 1.60. The van der Waals surface area contributed by atoms with Gasteiger partial charge in [-0.3, -0.25) is 0 Å². The van der Waals surface area contributed by atoms with E-state index in [-0.39, 0.29) is 6.61 Å². The maximum atomic E-state index is 9.93. The van der Waals surface area contributed by atoms with Crippen molar-refractivity contribution in [1.82, 2.24) is 5.32 Å². The molecule has 0 saturated carbocycles. The molecule has 0 fully saturated rings. The molecule has 1 atom stereocenters. The van der Waals surface area contributed by atoms with E-state index in [1.165, 1.54) is 9.75 Å². The van der Waals surface area contributed by atoms with E-state index in [1.807, 2.05) is 24.3 Å². The van der Waals surface area contributed by atoms with Crippen LogP contribution in [0.1, 0.15) is 9.75 Å². The lowest BCUT2D eigenvalue weighted by Crippen LogP contribution is -2.31. The number of aliphatic hydroxyl groups is 1. The molecule has 0 aliphatic carbocycles. The smallest absolute Gasteiger partial charge is 0.161 e. The molecule has 1 heterocycles. The summed E-state index contributed by atoms with van der Waals surface area (Å²) in [5, 5.41) is 13.2. The van der Waals surface area contributed by atoms with Crippen LogP contribution < -0.4 is 14.8 Å². The second kappa shape index (κ2) is 8.02. The number of aliphatic hydroxyl groups excluding tert-OH is 1. The van der Waals surface area contributed by atoms with Gasteiger partial charge in [-0.1, -0.05) is 12.1 Å². The molecule has 114 valence electrons. The third kappa shape index (κ3) is 5.04. The molecule has 0 saturated heterocycles. The molecule has 0 aliphatic heterocycles. The van der Waals surface area contributed by atoms with Crippen molar-refractivity contribution in [1.29, 1.82) is 0 Å². The van der Waals surface area contributed by atoms with Crippen LogP contribution in [0.15, 0.2) is 36.4 Å². The molecular formula is C16H21NO3S. The summed E-state index contributed by atoms with van der Waals surface area (Å²) in [6.07, 6.45) is -0.559. The molecule has 1 unspecified atom stereocenters. The van der Waals surface area contributed by atoms with Crippen molar-refractivity contribution in [3.63, 3.8) is 0 Å². The summed E-state index contributed by atoms with van der Waals surface area (Å²) in [5.74, 6) is 1.32. The van der Waals surface area contributed by atoms with Gasteiger partial charge in [0.15, 0.2) is 11.5 Å². The van der Waals surface area contributed by atoms with Crippen LogP contribution in [-0.4, -0.2) is 31.5 Å². The van der Waals surface area contributed by atoms with Gasteiger partial charge in [0.2, 0.25) is 0 Å². The van der Waals surface area contributed by atoms with Crippen molar-refractivity contribution >= 4 is 11.3 Å². The number of nitrogens with one attached hydrogen (secondary N) is 1. The van der Waals surface area contributed by atoms with Gasteiger partial charge in [-0.05, 0) is 31.2 Å². The molecule has 2 rings (SSSR count). The first-order chi connectivity index (χ1) is 10.2. The number of methoxy groups -OCH3 is 1. The molecule has 0 amide bonds. The van der Waals surface area contributed by atoms with Gasteiger partial charge in [-0.15, -0.1) is 11.3 Å². The molecule has 5 heteroatoms. The molecule has 1 aromatic heterocycles. The Kier molecular flexibility index (Phi) is 6.04. The Morgan fingerprint density at radius 1 is 1.19 bits per heavy atom. The van der Waals surface area contributed by atoms with E-state index in [0.717, 1.165) is 6.54 Å². The Bertz CT molecular complexity index is 556. The van der Waals surface area contributed by atoms with Crippen molar-refractivity contribution in [3.8, 4) is 11.5 Å². The summed E-state index contributed by atoms with van der Waals surface area (Å²) in [6.45, 7) is 3.58. The van der Waals surface area contributed by atoms with Crippen LogP contribution in [0.2, 0.25) is 0 Å². The molecule has 21 heavy (non-hydrogen) atoms. The highest BCUT2D eigenvalue weighted by Gasteiger charge is 2.08. The molecule has 0 radical (unpaired) electrons. The van der Waals surface area contributed by atoms with Crippen LogP contribution in [0.3, 0.4) is 0 Å². The van der Waals surface area contributed by atoms with E-state index in [1.54, 1.807) is 18.4 Å². The third-order valence-electron chi connectivity index (χ3n) is 2.98. The van der Waals surface area contributed by atoms with Crippen molar-refractivity contribution in [2.45, 2.75) is 19.6 Å². The van der Waals surface area contributed by atoms with E-state index in [9.17, 15) is 5.11 Å². The molecule has 0 bridgehead atoms. The average molecular weight is 307 g/mol. The number of aryl methyl sites for hydroxylation is 1. The van der Waals surface area contributed by atoms with E-state index < -0.39 is 6.10 Å². The van der Waals surface area contributed by atoms with Crippen LogP contribution in [0.25, 0.3) is 0 Å². The highest BCUT2D eigenvalue weighted by molar-refractivity contribution is 7.11. The van der Waals surface area contributed by atoms with Crippen LogP contribution in [0, 0.1) is 6.92 Å². The van der Waals surface area contributed by atoms with Gasteiger partial charge in [0.25, 0.3) is 0 Å². The third-order valence-corrected chi connectivity index (χ3v) is 3.98. The van der Waals surface area contributed by atoms with Crippen molar-refractivity contribution < 1.29 is 14.6 Å². The highest BCUT2D eigenvalue weighted by atomic mass is 32.1. The summed E-state index contributed by atoms with van der Waals surface area (Å²) in [6, 6.07) is 11.6. The highest BCUT2D eigenvalue weighted by Crippen LogP contribution is 2.25. The predicted octanol–water partition coefficient (Wildman–Crippen LogP) is 2.59. The zero-order chi connectivity index (χ0) is 15.1. The number of benzene rings is 1. The summed E-state index contributed by atoms with van der Waals surface area (Å²) >= 11 is 1.76. The maximum Gasteiger partial charge on any atom is 0.161 e. The fraction of sp³-hybridized carbons (Fsp3) is 0.375. The average Bonchev–Trinajstić information content (AvgIpc) is 2.91. The van der Waals surface area contributed by atoms with E-state index >= 15 is 0 Å². The van der Waals surface area contributed by atoms with Gasteiger partial charge in [-0.2, -0.15) is 0 Å². The zero-order valence-electron chi connectivity index (χ0n) is 12.3. The number of hydrogen-bond donors (Lipinski definition) is 2. The van der Waals surface area contributed by atoms with Crippen LogP contribution in [-0.2, 0) is 6.54 Å². The van der Waals surface area contributed by atoms with Gasteiger partial charge in [0.05, 0.1) is 7.11 Å². The first-order valence-electron chi connectivity index (χ1n) is 6.89. The van der Waals surface area contributed by atoms with Crippen molar-refractivity contribution in [2.75, 3.05) is 20.3 Å². The minimum absolute atomic E-state index is 0.233. The molecule has 4 nitrogen and oxygen atoms in total. The Balaban J connectivity index is 1.71. The maximum absolute atomic E-state index is 9.93. The topological polar surface area (TPSA) is 50.7 Å². The number of rotatable bonds is 8. The zero-order valence-corrected chi connectivity index (χ0v) is 13.2. The van der Waals surface area contributed by atoms with Gasteiger partial charge in [-0.25, -0.2) is 0 Å². The lowest BCUT2D eigenvalue weighted by atomic mass is 10.3. The second-order valence-corrected chi connectivity index (χ2v) is 6.13. The minimum Gasteiger partial charge on any atom is -0.493 e. The Morgan fingerprint density at radius 3 is 2.62 bits per heavy atom. The molecule has 2 aromatic rings. The fourth-order valence-corrected chi connectivity index (χ4v) is 2.79. The molecule has 1 aromatic carbocycles. The van der Waals surface area contributed by atoms with Gasteiger partial charge in [0.1, 0.15) is 12.7 Å². The van der Waals surface area contributed by atoms with E-state index in [4.69, 9.17) is 9.47 Å². The SMILES string of the molecule is COc1ccccc1OCC(O)CNCc1ccc(C)s1. The fourth-order valence-electron chi connectivity index (χ4n) is 1.93. The molecule has 0 aliphatic rings. The second-order valence-electron chi connectivity index (χ2n) is 4.76. The normalized spacial score (nSPS) is 12.1. The van der Waals surface area contributed by atoms with Gasteiger partial charge >= 0.3 is 0 Å². The van der Waals surface area contributed by atoms with Gasteiger partial charge < -0.3 is 19.9 Å². The Morgan fingerprint density at radius 2 is 1.95 bits per heavy atom. The summed E-state index contributed by atoms with van der Waals surface area (Å²) < 4.78 is 10.8. The monoisotopic (exact) mass is 307 g/mol. The predicted molar refractivity (Wildman–Crippen MR) is 85.3 cm³/mol. The standard InChI is InChI=1S/C16H21NO3S/c1-12-7-8-14(21-12)10-17-9-13(18)11-20-16-6-4-3-5-15(16)19-2/h3-8,13,17-18H,9-11H2,1-2H3. The lowest BCUT2D eigenvalue weighted by molar-refractivity contribution is 0.104. The van der Waals surface area contributed by atoms with Crippen LogP contribution in [0.5, 0.6) is 11.5 Å². The lowest BCUT2D eigenvalue weighted by Gasteiger charge is -2.14. The quantitative estimate of drug-likeness (QED) is 0.787. The van der Waals surface area contributed by atoms with Crippen LogP contribution in [0.4, 0.5) is 0 Å². The Hall–Kier alpha value is -1.56. The Labute approximate surface area is 129 Å². The minimum atomic E-state index is -0.559. The molecule has 0 spiro atoms. The summed E-state index contributed by atoms with van der Waals surface area (Å²) in [5.41, 5.74) is 0. The largest absolute Gasteiger partial charge is 0.493 e. The first-order valence-corrected chi connectivity index (χ1v) is 7.70. The van der Waals surface area contributed by atoms with Crippen LogP contribution >= 0.6 is 11.3 Å². The summed E-state index contributed by atoms with van der Waals surface area (Å²) in [4.78, 5) is 2.57.